The maximum Gasteiger partial charge on any atom is 0.331 e. The second kappa shape index (κ2) is 10.7. The quantitative estimate of drug-likeness (QED) is 0.574. The fraction of sp³-hybridized carbons (Fsp3) is 0.593. The van der Waals surface area contributed by atoms with E-state index in [-0.39, 0.29) is 23.9 Å². The van der Waals surface area contributed by atoms with Gasteiger partial charge in [0, 0.05) is 11.5 Å². The molecule has 0 spiro atoms. The van der Waals surface area contributed by atoms with E-state index in [1.807, 2.05) is 38.1 Å². The van der Waals surface area contributed by atoms with E-state index >= 15 is 0 Å². The molecule has 1 aromatic carbocycles. The number of nitrogens with zero attached hydrogens (tertiary/aromatic N) is 1. The zero-order valence-electron chi connectivity index (χ0n) is 20.5. The van der Waals surface area contributed by atoms with Gasteiger partial charge in [-0.25, -0.2) is 9.78 Å². The van der Waals surface area contributed by atoms with Gasteiger partial charge in [-0.1, -0.05) is 43.4 Å². The summed E-state index contributed by atoms with van der Waals surface area (Å²) in [4.78, 5) is 30.3. The normalized spacial score (nSPS) is 22.2. The highest BCUT2D eigenvalue weighted by molar-refractivity contribution is 5.89. The first kappa shape index (κ1) is 24.5. The molecule has 2 aliphatic carbocycles. The van der Waals surface area contributed by atoms with Crippen LogP contribution in [0, 0.1) is 19.8 Å². The van der Waals surface area contributed by atoms with Crippen LogP contribution >= 0.6 is 0 Å². The Morgan fingerprint density at radius 1 is 1.09 bits per heavy atom. The van der Waals surface area contributed by atoms with Crippen LogP contribution in [0.25, 0.3) is 11.5 Å². The summed E-state index contributed by atoms with van der Waals surface area (Å²) in [6, 6.07) is 8.08. The van der Waals surface area contributed by atoms with Gasteiger partial charge in [-0.3, -0.25) is 4.79 Å². The Morgan fingerprint density at radius 2 is 1.82 bits per heavy atom. The number of ether oxygens (including phenoxy) is 2. The lowest BCUT2D eigenvalue weighted by Gasteiger charge is -2.37. The van der Waals surface area contributed by atoms with Crippen LogP contribution in [0.2, 0.25) is 0 Å². The number of hydrogen-bond acceptors (Lipinski definition) is 6. The van der Waals surface area contributed by atoms with Gasteiger partial charge in [0.15, 0.2) is 0 Å². The number of nitrogens with one attached hydrogen (secondary N) is 1. The number of methoxy groups -OCH3 is 1. The number of oxazole rings is 1. The SMILES string of the molecule is COC(=O)C1(NC(=O)C2CCCC(OCc3nc(-c4ccc(C)cc4)oc3C)C2)CCCCC1. The van der Waals surface area contributed by atoms with Crippen molar-refractivity contribution in [1.82, 2.24) is 10.3 Å². The fourth-order valence-corrected chi connectivity index (χ4v) is 5.18. The van der Waals surface area contributed by atoms with Gasteiger partial charge in [0.05, 0.1) is 19.8 Å². The molecule has 2 aromatic rings. The molecule has 0 bridgehead atoms. The number of aryl methyl sites for hydroxylation is 2. The number of esters is 1. The second-order valence-electron chi connectivity index (χ2n) is 9.81. The molecule has 34 heavy (non-hydrogen) atoms. The Hall–Kier alpha value is -2.67. The van der Waals surface area contributed by atoms with E-state index in [0.29, 0.717) is 31.8 Å². The maximum absolute atomic E-state index is 13.1. The monoisotopic (exact) mass is 468 g/mol. The van der Waals surface area contributed by atoms with Crippen LogP contribution in [0.3, 0.4) is 0 Å². The molecule has 0 saturated heterocycles. The number of rotatable bonds is 7. The van der Waals surface area contributed by atoms with Crippen LogP contribution in [0.1, 0.15) is 74.8 Å². The molecule has 2 saturated carbocycles. The minimum atomic E-state index is -0.873. The molecular weight excluding hydrogens is 432 g/mol. The van der Waals surface area contributed by atoms with Crippen molar-refractivity contribution in [3.8, 4) is 11.5 Å². The van der Waals surface area contributed by atoms with Gasteiger partial charge in [-0.15, -0.1) is 0 Å². The summed E-state index contributed by atoms with van der Waals surface area (Å²) in [6.45, 7) is 4.30. The van der Waals surface area contributed by atoms with Crippen LogP contribution < -0.4 is 5.32 Å². The molecule has 0 aliphatic heterocycles. The van der Waals surface area contributed by atoms with Crippen molar-refractivity contribution in [3.63, 3.8) is 0 Å². The highest BCUT2D eigenvalue weighted by Crippen LogP contribution is 2.33. The summed E-state index contributed by atoms with van der Waals surface area (Å²) in [5.74, 6) is 0.800. The predicted octanol–water partition coefficient (Wildman–Crippen LogP) is 5.03. The number of carbonyl (C=O) groups excluding carboxylic acids is 2. The summed E-state index contributed by atoms with van der Waals surface area (Å²) in [5, 5.41) is 3.09. The van der Waals surface area contributed by atoms with E-state index in [1.165, 1.54) is 12.7 Å². The van der Waals surface area contributed by atoms with Gasteiger partial charge in [-0.2, -0.15) is 0 Å². The third kappa shape index (κ3) is 5.52. The highest BCUT2D eigenvalue weighted by atomic mass is 16.5. The number of amides is 1. The molecule has 2 atom stereocenters. The van der Waals surface area contributed by atoms with E-state index in [4.69, 9.17) is 13.9 Å². The van der Waals surface area contributed by atoms with Gasteiger partial charge < -0.3 is 19.2 Å². The standard InChI is InChI=1S/C27H36N2O5/c1-18-10-12-20(13-11-18)25-28-23(19(2)34-25)17-33-22-9-7-8-21(16-22)24(30)29-27(26(31)32-3)14-5-4-6-15-27/h10-13,21-22H,4-9,14-17H2,1-3H3,(H,29,30). The molecule has 1 heterocycles. The third-order valence-electron chi connectivity index (χ3n) is 7.29. The van der Waals surface area contributed by atoms with Crippen molar-refractivity contribution in [2.75, 3.05) is 7.11 Å². The van der Waals surface area contributed by atoms with E-state index in [2.05, 4.69) is 10.3 Å². The lowest BCUT2D eigenvalue weighted by Crippen LogP contribution is -2.57. The Balaban J connectivity index is 1.35. The van der Waals surface area contributed by atoms with Gasteiger partial charge in [0.25, 0.3) is 0 Å². The first-order valence-electron chi connectivity index (χ1n) is 12.5. The van der Waals surface area contributed by atoms with Crippen molar-refractivity contribution in [2.45, 2.75) is 89.9 Å². The van der Waals surface area contributed by atoms with Crippen molar-refractivity contribution in [3.05, 3.63) is 41.3 Å². The molecule has 7 nitrogen and oxygen atoms in total. The molecule has 184 valence electrons. The summed E-state index contributed by atoms with van der Waals surface area (Å²) in [5.41, 5.74) is 2.04. The van der Waals surface area contributed by atoms with Gasteiger partial charge in [-0.05, 0) is 58.1 Å². The van der Waals surface area contributed by atoms with Crippen LogP contribution in [0.4, 0.5) is 0 Å². The Morgan fingerprint density at radius 3 is 2.53 bits per heavy atom. The average Bonchev–Trinajstić information content (AvgIpc) is 3.23. The molecule has 7 heteroatoms. The third-order valence-corrected chi connectivity index (χ3v) is 7.29. The smallest absolute Gasteiger partial charge is 0.331 e. The maximum atomic E-state index is 13.1. The van der Waals surface area contributed by atoms with Crippen LogP contribution in [-0.4, -0.2) is 35.6 Å². The van der Waals surface area contributed by atoms with E-state index < -0.39 is 5.54 Å². The van der Waals surface area contributed by atoms with Crippen molar-refractivity contribution < 1.29 is 23.5 Å². The molecule has 1 aromatic heterocycles. The van der Waals surface area contributed by atoms with Gasteiger partial charge in [0.1, 0.15) is 17.0 Å². The number of aromatic nitrogens is 1. The highest BCUT2D eigenvalue weighted by Gasteiger charge is 2.43. The lowest BCUT2D eigenvalue weighted by atomic mass is 9.80. The Bertz CT molecular complexity index is 991. The lowest BCUT2D eigenvalue weighted by molar-refractivity contribution is -0.153. The largest absolute Gasteiger partial charge is 0.467 e. The zero-order valence-corrected chi connectivity index (χ0v) is 20.5. The molecule has 0 radical (unpaired) electrons. The molecule has 2 aliphatic rings. The average molecular weight is 469 g/mol. The minimum absolute atomic E-state index is 0.0242. The molecule has 1 amide bonds. The zero-order chi connectivity index (χ0) is 24.1. The minimum Gasteiger partial charge on any atom is -0.467 e. The molecule has 4 rings (SSSR count). The van der Waals surface area contributed by atoms with E-state index in [9.17, 15) is 9.59 Å². The molecule has 2 unspecified atom stereocenters. The molecule has 2 fully saturated rings. The molecular formula is C27H36N2O5. The molecule has 1 N–H and O–H groups in total. The summed E-state index contributed by atoms with van der Waals surface area (Å²) >= 11 is 0. The van der Waals surface area contributed by atoms with Crippen LogP contribution in [-0.2, 0) is 25.7 Å². The summed E-state index contributed by atoms with van der Waals surface area (Å²) in [6.07, 6.45) is 7.48. The summed E-state index contributed by atoms with van der Waals surface area (Å²) < 4.78 is 17.1. The van der Waals surface area contributed by atoms with E-state index in [0.717, 1.165) is 55.5 Å². The van der Waals surface area contributed by atoms with Gasteiger partial charge in [0.2, 0.25) is 11.8 Å². The Kier molecular flexibility index (Phi) is 7.71. The number of carbonyl (C=O) groups is 2. The second-order valence-corrected chi connectivity index (χ2v) is 9.81. The summed E-state index contributed by atoms with van der Waals surface area (Å²) in [7, 11) is 1.39. The van der Waals surface area contributed by atoms with Crippen LogP contribution in [0.5, 0.6) is 0 Å². The van der Waals surface area contributed by atoms with Crippen molar-refractivity contribution >= 4 is 11.9 Å². The first-order chi connectivity index (χ1) is 16.4. The van der Waals surface area contributed by atoms with Crippen molar-refractivity contribution in [2.24, 2.45) is 5.92 Å². The van der Waals surface area contributed by atoms with Crippen molar-refractivity contribution in [1.29, 1.82) is 0 Å². The number of benzene rings is 1. The van der Waals surface area contributed by atoms with Gasteiger partial charge >= 0.3 is 5.97 Å². The Labute approximate surface area is 201 Å². The number of hydrogen-bond donors (Lipinski definition) is 1. The topological polar surface area (TPSA) is 90.7 Å². The first-order valence-corrected chi connectivity index (χ1v) is 12.5. The van der Waals surface area contributed by atoms with Crippen LogP contribution in [0.15, 0.2) is 28.7 Å². The fourth-order valence-electron chi connectivity index (χ4n) is 5.18. The predicted molar refractivity (Wildman–Crippen MR) is 128 cm³/mol. The van der Waals surface area contributed by atoms with E-state index in [1.54, 1.807) is 0 Å².